The predicted molar refractivity (Wildman–Crippen MR) is 79.7 cm³/mol. The van der Waals surface area contributed by atoms with Gasteiger partial charge in [-0.15, -0.1) is 0 Å². The molecule has 0 bridgehead atoms. The molecule has 100 valence electrons. The standard InChI is InChI=1S/C17H26O/c1-15-9-8-11-16(13-15)10-6-5-7-12-17(2,3)14-18-4/h6,8-11,13H,5,7,12,14H2,1-4H3/b10-6+. The van der Waals surface area contributed by atoms with E-state index in [9.17, 15) is 0 Å². The maximum atomic E-state index is 5.23. The summed E-state index contributed by atoms with van der Waals surface area (Å²) in [5.74, 6) is 0. The van der Waals surface area contributed by atoms with Crippen LogP contribution in [0.15, 0.2) is 30.3 Å². The fourth-order valence-corrected chi connectivity index (χ4v) is 2.15. The van der Waals surface area contributed by atoms with Gasteiger partial charge >= 0.3 is 0 Å². The van der Waals surface area contributed by atoms with Gasteiger partial charge in [-0.1, -0.05) is 55.8 Å². The number of hydrogen-bond acceptors (Lipinski definition) is 1. The van der Waals surface area contributed by atoms with Crippen molar-refractivity contribution < 1.29 is 4.74 Å². The summed E-state index contributed by atoms with van der Waals surface area (Å²) in [6.45, 7) is 7.50. The molecule has 1 nitrogen and oxygen atoms in total. The molecule has 0 aromatic heterocycles. The van der Waals surface area contributed by atoms with Gasteiger partial charge in [-0.3, -0.25) is 0 Å². The molecule has 1 aromatic carbocycles. The zero-order chi connectivity index (χ0) is 13.4. The number of benzene rings is 1. The van der Waals surface area contributed by atoms with Gasteiger partial charge in [0.25, 0.3) is 0 Å². The highest BCUT2D eigenvalue weighted by Gasteiger charge is 2.16. The first-order valence-corrected chi connectivity index (χ1v) is 6.76. The van der Waals surface area contributed by atoms with Crippen LogP contribution >= 0.6 is 0 Å². The third kappa shape index (κ3) is 6.02. The van der Waals surface area contributed by atoms with Gasteiger partial charge in [0.1, 0.15) is 0 Å². The number of unbranched alkanes of at least 4 members (excludes halogenated alkanes) is 1. The highest BCUT2D eigenvalue weighted by molar-refractivity contribution is 5.49. The first-order chi connectivity index (χ1) is 8.53. The Balaban J connectivity index is 2.30. The summed E-state index contributed by atoms with van der Waals surface area (Å²) in [6, 6.07) is 8.60. The average molecular weight is 246 g/mol. The molecule has 0 aliphatic rings. The van der Waals surface area contributed by atoms with Gasteiger partial charge in [0.05, 0.1) is 6.61 Å². The highest BCUT2D eigenvalue weighted by atomic mass is 16.5. The van der Waals surface area contributed by atoms with Crippen LogP contribution in [-0.4, -0.2) is 13.7 Å². The van der Waals surface area contributed by atoms with Crippen LogP contribution in [0.4, 0.5) is 0 Å². The summed E-state index contributed by atoms with van der Waals surface area (Å²) in [6.07, 6.45) is 8.06. The number of rotatable bonds is 7. The van der Waals surface area contributed by atoms with Crippen LogP contribution in [0.5, 0.6) is 0 Å². The SMILES string of the molecule is COCC(C)(C)CCC/C=C/c1cccc(C)c1. The fourth-order valence-electron chi connectivity index (χ4n) is 2.15. The molecule has 1 aromatic rings. The molecule has 0 radical (unpaired) electrons. The van der Waals surface area contributed by atoms with E-state index in [-0.39, 0.29) is 0 Å². The normalized spacial score (nSPS) is 12.2. The molecule has 0 amide bonds. The Bertz CT molecular complexity index is 377. The van der Waals surface area contributed by atoms with Crippen molar-refractivity contribution in [2.75, 3.05) is 13.7 Å². The second-order valence-corrected chi connectivity index (χ2v) is 5.81. The second-order valence-electron chi connectivity index (χ2n) is 5.81. The smallest absolute Gasteiger partial charge is 0.0513 e. The Labute approximate surface area is 112 Å². The second kappa shape index (κ2) is 7.38. The molecule has 0 aliphatic carbocycles. The van der Waals surface area contributed by atoms with E-state index in [0.29, 0.717) is 5.41 Å². The van der Waals surface area contributed by atoms with Crippen molar-refractivity contribution in [3.05, 3.63) is 41.5 Å². The maximum absolute atomic E-state index is 5.23. The third-order valence-corrected chi connectivity index (χ3v) is 3.11. The third-order valence-electron chi connectivity index (χ3n) is 3.11. The summed E-state index contributed by atoms with van der Waals surface area (Å²) < 4.78 is 5.23. The molecule has 1 heteroatoms. The van der Waals surface area contributed by atoms with Crippen molar-refractivity contribution in [3.8, 4) is 0 Å². The summed E-state index contributed by atoms with van der Waals surface area (Å²) in [5, 5.41) is 0. The number of hydrogen-bond donors (Lipinski definition) is 0. The van der Waals surface area contributed by atoms with E-state index < -0.39 is 0 Å². The van der Waals surface area contributed by atoms with Gasteiger partial charge in [-0.25, -0.2) is 0 Å². The van der Waals surface area contributed by atoms with E-state index >= 15 is 0 Å². The van der Waals surface area contributed by atoms with Gasteiger partial charge in [0, 0.05) is 7.11 Å². The number of allylic oxidation sites excluding steroid dienone is 1. The lowest BCUT2D eigenvalue weighted by Gasteiger charge is -2.22. The minimum atomic E-state index is 0.298. The van der Waals surface area contributed by atoms with Crippen molar-refractivity contribution in [2.24, 2.45) is 5.41 Å². The van der Waals surface area contributed by atoms with E-state index in [1.165, 1.54) is 24.0 Å². The Kier molecular flexibility index (Phi) is 6.14. The van der Waals surface area contributed by atoms with E-state index in [4.69, 9.17) is 4.74 Å². The molecule has 0 N–H and O–H groups in total. The zero-order valence-corrected chi connectivity index (χ0v) is 12.2. The van der Waals surface area contributed by atoms with E-state index in [2.05, 4.69) is 57.2 Å². The van der Waals surface area contributed by atoms with Gasteiger partial charge in [-0.05, 0) is 37.2 Å². The largest absolute Gasteiger partial charge is 0.384 e. The zero-order valence-electron chi connectivity index (χ0n) is 12.2. The van der Waals surface area contributed by atoms with Crippen LogP contribution in [0.1, 0.15) is 44.2 Å². The maximum Gasteiger partial charge on any atom is 0.0513 e. The number of aryl methyl sites for hydroxylation is 1. The summed E-state index contributed by atoms with van der Waals surface area (Å²) in [5.41, 5.74) is 2.91. The molecule has 0 unspecified atom stereocenters. The van der Waals surface area contributed by atoms with Crippen LogP contribution in [0.25, 0.3) is 6.08 Å². The molecule has 0 fully saturated rings. The van der Waals surface area contributed by atoms with Gasteiger partial charge < -0.3 is 4.74 Å². The Morgan fingerprint density at radius 1 is 1.28 bits per heavy atom. The molecular formula is C17H26O. The highest BCUT2D eigenvalue weighted by Crippen LogP contribution is 2.23. The van der Waals surface area contributed by atoms with Crippen molar-refractivity contribution in [2.45, 2.75) is 40.0 Å². The van der Waals surface area contributed by atoms with Crippen molar-refractivity contribution in [3.63, 3.8) is 0 Å². The first-order valence-electron chi connectivity index (χ1n) is 6.76. The van der Waals surface area contributed by atoms with Crippen LogP contribution < -0.4 is 0 Å². The van der Waals surface area contributed by atoms with E-state index in [1.807, 2.05) is 0 Å². The summed E-state index contributed by atoms with van der Waals surface area (Å²) >= 11 is 0. The van der Waals surface area contributed by atoms with Crippen molar-refractivity contribution in [1.82, 2.24) is 0 Å². The molecule has 1 rings (SSSR count). The topological polar surface area (TPSA) is 9.23 Å². The van der Waals surface area contributed by atoms with Crippen molar-refractivity contribution in [1.29, 1.82) is 0 Å². The van der Waals surface area contributed by atoms with Gasteiger partial charge in [0.15, 0.2) is 0 Å². The molecule has 0 heterocycles. The monoisotopic (exact) mass is 246 g/mol. The Morgan fingerprint density at radius 3 is 2.72 bits per heavy atom. The fraction of sp³-hybridized carbons (Fsp3) is 0.529. The molecule has 0 saturated heterocycles. The van der Waals surface area contributed by atoms with Crippen LogP contribution in [0, 0.1) is 12.3 Å². The minimum Gasteiger partial charge on any atom is -0.384 e. The van der Waals surface area contributed by atoms with E-state index in [1.54, 1.807) is 7.11 Å². The van der Waals surface area contributed by atoms with E-state index in [0.717, 1.165) is 13.0 Å². The quantitative estimate of drug-likeness (QED) is 0.625. The Morgan fingerprint density at radius 2 is 2.06 bits per heavy atom. The lowest BCUT2D eigenvalue weighted by atomic mass is 9.88. The van der Waals surface area contributed by atoms with Crippen LogP contribution in [-0.2, 0) is 4.74 Å². The molecule has 0 spiro atoms. The van der Waals surface area contributed by atoms with Gasteiger partial charge in [-0.2, -0.15) is 0 Å². The molecule has 18 heavy (non-hydrogen) atoms. The minimum absolute atomic E-state index is 0.298. The van der Waals surface area contributed by atoms with Crippen LogP contribution in [0.2, 0.25) is 0 Å². The number of ether oxygens (including phenoxy) is 1. The van der Waals surface area contributed by atoms with Gasteiger partial charge in [0.2, 0.25) is 0 Å². The predicted octanol–water partition coefficient (Wildman–Crippen LogP) is 4.85. The molecule has 0 saturated carbocycles. The molecule has 0 aliphatic heterocycles. The summed E-state index contributed by atoms with van der Waals surface area (Å²) in [4.78, 5) is 0. The molecule has 0 atom stereocenters. The Hall–Kier alpha value is -1.08. The average Bonchev–Trinajstić information content (AvgIpc) is 2.28. The lowest BCUT2D eigenvalue weighted by Crippen LogP contribution is -2.17. The molecular weight excluding hydrogens is 220 g/mol. The summed E-state index contributed by atoms with van der Waals surface area (Å²) in [7, 11) is 1.78. The van der Waals surface area contributed by atoms with Crippen molar-refractivity contribution >= 4 is 6.08 Å². The van der Waals surface area contributed by atoms with Crippen LogP contribution in [0.3, 0.4) is 0 Å². The first kappa shape index (κ1) is 15.0. The number of methoxy groups -OCH3 is 1. The lowest BCUT2D eigenvalue weighted by molar-refractivity contribution is 0.0970.